The highest BCUT2D eigenvalue weighted by Gasteiger charge is 2.35. The predicted octanol–water partition coefficient (Wildman–Crippen LogP) is 1.55. The SMILES string of the molecule is CC(=O)SCC1CC(=O)N(c2nnc(C3CCCO3)o2)C1. The number of thioether (sulfide) groups is 1. The molecule has 7 nitrogen and oxygen atoms in total. The molecule has 0 spiro atoms. The number of hydrogen-bond donors (Lipinski definition) is 0. The molecule has 1 amide bonds. The van der Waals surface area contributed by atoms with Gasteiger partial charge < -0.3 is 9.15 Å². The first kappa shape index (κ1) is 14.5. The van der Waals surface area contributed by atoms with Gasteiger partial charge in [-0.15, -0.1) is 5.10 Å². The summed E-state index contributed by atoms with van der Waals surface area (Å²) in [6, 6.07) is 0.237. The van der Waals surface area contributed by atoms with Gasteiger partial charge in [0.15, 0.2) is 5.12 Å². The number of ether oxygens (including phenoxy) is 1. The Morgan fingerprint density at radius 1 is 1.48 bits per heavy atom. The fourth-order valence-electron chi connectivity index (χ4n) is 2.55. The van der Waals surface area contributed by atoms with Gasteiger partial charge in [-0.2, -0.15) is 0 Å². The molecule has 1 aromatic heterocycles. The molecule has 0 aromatic carbocycles. The van der Waals surface area contributed by atoms with E-state index in [2.05, 4.69) is 10.2 Å². The zero-order chi connectivity index (χ0) is 14.8. The Morgan fingerprint density at radius 2 is 2.33 bits per heavy atom. The molecule has 2 fully saturated rings. The summed E-state index contributed by atoms with van der Waals surface area (Å²) in [6.45, 7) is 2.76. The fraction of sp³-hybridized carbons (Fsp3) is 0.692. The van der Waals surface area contributed by atoms with Gasteiger partial charge in [0, 0.05) is 32.2 Å². The van der Waals surface area contributed by atoms with E-state index >= 15 is 0 Å². The van der Waals surface area contributed by atoms with Crippen LogP contribution in [-0.2, 0) is 14.3 Å². The molecule has 0 radical (unpaired) electrons. The van der Waals surface area contributed by atoms with Gasteiger partial charge in [-0.25, -0.2) is 0 Å². The lowest BCUT2D eigenvalue weighted by Gasteiger charge is -2.10. The normalized spacial score (nSPS) is 25.8. The molecule has 2 unspecified atom stereocenters. The van der Waals surface area contributed by atoms with Crippen LogP contribution in [0.5, 0.6) is 0 Å². The zero-order valence-corrected chi connectivity index (χ0v) is 12.6. The summed E-state index contributed by atoms with van der Waals surface area (Å²) in [5.74, 6) is 1.19. The van der Waals surface area contributed by atoms with Crippen molar-refractivity contribution in [2.45, 2.75) is 32.3 Å². The smallest absolute Gasteiger partial charge is 0.325 e. The molecule has 0 saturated carbocycles. The van der Waals surface area contributed by atoms with Crippen molar-refractivity contribution in [2.75, 3.05) is 23.8 Å². The van der Waals surface area contributed by atoms with E-state index in [1.165, 1.54) is 23.6 Å². The number of aromatic nitrogens is 2. The second kappa shape index (κ2) is 6.15. The van der Waals surface area contributed by atoms with Crippen molar-refractivity contribution in [1.82, 2.24) is 10.2 Å². The van der Waals surface area contributed by atoms with Crippen LogP contribution in [0.15, 0.2) is 4.42 Å². The van der Waals surface area contributed by atoms with Gasteiger partial charge in [0.05, 0.1) is 0 Å². The highest BCUT2D eigenvalue weighted by atomic mass is 32.2. The number of rotatable bonds is 4. The monoisotopic (exact) mass is 311 g/mol. The Balaban J connectivity index is 1.63. The average Bonchev–Trinajstić information content (AvgIpc) is 3.16. The van der Waals surface area contributed by atoms with Gasteiger partial charge in [0.2, 0.25) is 11.8 Å². The molecule has 0 bridgehead atoms. The average molecular weight is 311 g/mol. The maximum absolute atomic E-state index is 12.0. The molecule has 2 aliphatic heterocycles. The molecular formula is C13H17N3O4S. The topological polar surface area (TPSA) is 85.5 Å². The molecule has 114 valence electrons. The standard InChI is InChI=1S/C13H17N3O4S/c1-8(17)21-7-9-5-11(18)16(6-9)13-15-14-12(20-13)10-3-2-4-19-10/h9-10H,2-7H2,1H3. The third-order valence-corrected chi connectivity index (χ3v) is 4.64. The second-order valence-corrected chi connectivity index (χ2v) is 6.50. The van der Waals surface area contributed by atoms with Crippen LogP contribution in [0, 0.1) is 5.92 Å². The van der Waals surface area contributed by atoms with Crippen molar-refractivity contribution in [2.24, 2.45) is 5.92 Å². The van der Waals surface area contributed by atoms with Crippen molar-refractivity contribution >= 4 is 28.8 Å². The minimum atomic E-state index is -0.145. The van der Waals surface area contributed by atoms with Gasteiger partial charge in [-0.05, 0) is 18.8 Å². The molecule has 8 heteroatoms. The number of amides is 1. The molecular weight excluding hydrogens is 294 g/mol. The third kappa shape index (κ3) is 3.26. The molecule has 2 aliphatic rings. The predicted molar refractivity (Wildman–Crippen MR) is 75.8 cm³/mol. The van der Waals surface area contributed by atoms with Crippen molar-refractivity contribution in [3.63, 3.8) is 0 Å². The fourth-order valence-corrected chi connectivity index (χ4v) is 3.25. The van der Waals surface area contributed by atoms with Crippen LogP contribution in [0.2, 0.25) is 0 Å². The van der Waals surface area contributed by atoms with Crippen molar-refractivity contribution < 1.29 is 18.7 Å². The van der Waals surface area contributed by atoms with E-state index in [1.807, 2.05) is 0 Å². The maximum Gasteiger partial charge on any atom is 0.325 e. The molecule has 3 heterocycles. The molecule has 2 saturated heterocycles. The first-order valence-electron chi connectivity index (χ1n) is 7.02. The zero-order valence-electron chi connectivity index (χ0n) is 11.8. The Bertz CT molecular complexity index is 541. The van der Waals surface area contributed by atoms with Gasteiger partial charge in [0.1, 0.15) is 6.10 Å². The van der Waals surface area contributed by atoms with E-state index in [4.69, 9.17) is 9.15 Å². The van der Waals surface area contributed by atoms with Gasteiger partial charge in [-0.1, -0.05) is 16.9 Å². The van der Waals surface area contributed by atoms with Crippen LogP contribution in [0.3, 0.4) is 0 Å². The quantitative estimate of drug-likeness (QED) is 0.834. The van der Waals surface area contributed by atoms with Crippen LogP contribution < -0.4 is 4.90 Å². The van der Waals surface area contributed by atoms with Crippen LogP contribution in [-0.4, -0.2) is 40.1 Å². The number of hydrogen-bond acceptors (Lipinski definition) is 7. The summed E-state index contributed by atoms with van der Waals surface area (Å²) in [5.41, 5.74) is 0. The van der Waals surface area contributed by atoms with E-state index < -0.39 is 0 Å². The van der Waals surface area contributed by atoms with Crippen LogP contribution >= 0.6 is 11.8 Å². The highest BCUT2D eigenvalue weighted by molar-refractivity contribution is 8.13. The summed E-state index contributed by atoms with van der Waals surface area (Å²) in [5, 5.41) is 8.01. The largest absolute Gasteiger partial charge is 0.405 e. The first-order valence-corrected chi connectivity index (χ1v) is 8.01. The second-order valence-electron chi connectivity index (χ2n) is 5.30. The Labute approximate surface area is 126 Å². The molecule has 2 atom stereocenters. The number of carbonyl (C=O) groups is 2. The van der Waals surface area contributed by atoms with Crippen LogP contribution in [0.1, 0.15) is 38.2 Å². The van der Waals surface area contributed by atoms with E-state index in [0.717, 1.165) is 12.8 Å². The molecule has 1 aromatic rings. The van der Waals surface area contributed by atoms with Crippen molar-refractivity contribution in [1.29, 1.82) is 0 Å². The highest BCUT2D eigenvalue weighted by Crippen LogP contribution is 2.31. The van der Waals surface area contributed by atoms with Crippen LogP contribution in [0.25, 0.3) is 0 Å². The lowest BCUT2D eigenvalue weighted by molar-refractivity contribution is -0.117. The van der Waals surface area contributed by atoms with Crippen molar-refractivity contribution in [3.8, 4) is 0 Å². The lowest BCUT2D eigenvalue weighted by Crippen LogP contribution is -2.25. The molecule has 3 rings (SSSR count). The molecule has 21 heavy (non-hydrogen) atoms. The first-order chi connectivity index (χ1) is 10.1. The number of carbonyl (C=O) groups excluding carboxylic acids is 2. The summed E-state index contributed by atoms with van der Waals surface area (Å²) in [4.78, 5) is 24.5. The summed E-state index contributed by atoms with van der Waals surface area (Å²) in [6.07, 6.45) is 2.12. The van der Waals surface area contributed by atoms with Gasteiger partial charge >= 0.3 is 6.01 Å². The van der Waals surface area contributed by atoms with Gasteiger partial charge in [-0.3, -0.25) is 14.5 Å². The minimum absolute atomic E-state index is 0.0355. The van der Waals surface area contributed by atoms with E-state index in [-0.39, 0.29) is 29.1 Å². The Hall–Kier alpha value is -1.41. The maximum atomic E-state index is 12.0. The van der Waals surface area contributed by atoms with E-state index in [0.29, 0.717) is 31.2 Å². The Morgan fingerprint density at radius 3 is 3.05 bits per heavy atom. The minimum Gasteiger partial charge on any atom is -0.405 e. The van der Waals surface area contributed by atoms with Gasteiger partial charge in [0.25, 0.3) is 0 Å². The third-order valence-electron chi connectivity index (χ3n) is 3.59. The summed E-state index contributed by atoms with van der Waals surface area (Å²) < 4.78 is 11.1. The van der Waals surface area contributed by atoms with E-state index in [9.17, 15) is 9.59 Å². The lowest BCUT2D eigenvalue weighted by atomic mass is 10.1. The molecule has 0 N–H and O–H groups in total. The van der Waals surface area contributed by atoms with Crippen LogP contribution in [0.4, 0.5) is 6.01 Å². The summed E-state index contributed by atoms with van der Waals surface area (Å²) in [7, 11) is 0. The Kier molecular flexibility index (Phi) is 4.25. The summed E-state index contributed by atoms with van der Waals surface area (Å²) >= 11 is 1.25. The molecule has 0 aliphatic carbocycles. The van der Waals surface area contributed by atoms with Crippen molar-refractivity contribution in [3.05, 3.63) is 5.89 Å². The van der Waals surface area contributed by atoms with E-state index in [1.54, 1.807) is 0 Å². The number of nitrogens with zero attached hydrogens (tertiary/aromatic N) is 3. The number of anilines is 1.